The number of likely N-dealkylation sites (N-methyl/N-ethyl adjacent to an activating group) is 2. The standard InChI is InChI=1S/C17H17Cl2FN2O/c1-21(16-6-4-3-5-15(16)20)11-17(23)22(2)10-12-7-8-13(18)14(19)9-12/h3-9H,10-11H2,1-2H3. The number of hydrogen-bond donors (Lipinski definition) is 0. The quantitative estimate of drug-likeness (QED) is 0.802. The van der Waals surface area contributed by atoms with Crippen molar-refractivity contribution in [2.24, 2.45) is 0 Å². The first-order valence-electron chi connectivity index (χ1n) is 7.02. The Morgan fingerprint density at radius 2 is 1.78 bits per heavy atom. The molecule has 122 valence electrons. The lowest BCUT2D eigenvalue weighted by Crippen LogP contribution is -2.36. The second-order valence-electron chi connectivity index (χ2n) is 5.31. The molecule has 0 atom stereocenters. The molecule has 0 heterocycles. The molecule has 0 aromatic heterocycles. The normalized spacial score (nSPS) is 10.5. The van der Waals surface area contributed by atoms with Gasteiger partial charge >= 0.3 is 0 Å². The molecular weight excluding hydrogens is 338 g/mol. The third-order valence-corrected chi connectivity index (χ3v) is 4.20. The second-order valence-corrected chi connectivity index (χ2v) is 6.12. The zero-order chi connectivity index (χ0) is 17.0. The number of halogens is 3. The summed E-state index contributed by atoms with van der Waals surface area (Å²) in [6, 6.07) is 11.6. The van der Waals surface area contributed by atoms with Gasteiger partial charge in [-0.3, -0.25) is 4.79 Å². The van der Waals surface area contributed by atoms with Gasteiger partial charge < -0.3 is 9.80 Å². The Morgan fingerprint density at radius 1 is 1.09 bits per heavy atom. The predicted molar refractivity (Wildman–Crippen MR) is 92.6 cm³/mol. The van der Waals surface area contributed by atoms with E-state index in [4.69, 9.17) is 23.2 Å². The molecule has 3 nitrogen and oxygen atoms in total. The zero-order valence-corrected chi connectivity index (χ0v) is 14.4. The molecule has 0 N–H and O–H groups in total. The van der Waals surface area contributed by atoms with Gasteiger partial charge in [-0.1, -0.05) is 41.4 Å². The van der Waals surface area contributed by atoms with Crippen molar-refractivity contribution >= 4 is 34.8 Å². The van der Waals surface area contributed by atoms with Gasteiger partial charge in [0.05, 0.1) is 22.3 Å². The second kappa shape index (κ2) is 7.66. The number of anilines is 1. The summed E-state index contributed by atoms with van der Waals surface area (Å²) in [4.78, 5) is 15.4. The van der Waals surface area contributed by atoms with Crippen LogP contribution >= 0.6 is 23.2 Å². The van der Waals surface area contributed by atoms with Crippen LogP contribution in [0.25, 0.3) is 0 Å². The summed E-state index contributed by atoms with van der Waals surface area (Å²) in [6.45, 7) is 0.486. The van der Waals surface area contributed by atoms with Crippen molar-refractivity contribution in [2.45, 2.75) is 6.54 Å². The average Bonchev–Trinajstić information content (AvgIpc) is 2.51. The maximum absolute atomic E-state index is 13.7. The minimum atomic E-state index is -0.352. The summed E-state index contributed by atoms with van der Waals surface area (Å²) >= 11 is 11.8. The van der Waals surface area contributed by atoms with Gasteiger partial charge in [-0.05, 0) is 29.8 Å². The van der Waals surface area contributed by atoms with E-state index >= 15 is 0 Å². The van der Waals surface area contributed by atoms with Gasteiger partial charge in [0, 0.05) is 20.6 Å². The molecule has 6 heteroatoms. The fourth-order valence-corrected chi connectivity index (χ4v) is 2.49. The lowest BCUT2D eigenvalue weighted by atomic mass is 10.2. The summed E-state index contributed by atoms with van der Waals surface area (Å²) in [5.74, 6) is -0.475. The van der Waals surface area contributed by atoms with Crippen LogP contribution < -0.4 is 4.90 Å². The Hall–Kier alpha value is -1.78. The van der Waals surface area contributed by atoms with Crippen molar-refractivity contribution in [1.82, 2.24) is 4.90 Å². The minimum absolute atomic E-state index is 0.0821. The number of carbonyl (C=O) groups is 1. The Morgan fingerprint density at radius 3 is 2.43 bits per heavy atom. The molecule has 2 aromatic carbocycles. The molecule has 23 heavy (non-hydrogen) atoms. The van der Waals surface area contributed by atoms with Gasteiger partial charge in [-0.25, -0.2) is 4.39 Å². The number of amides is 1. The Labute approximate surface area is 145 Å². The molecule has 0 radical (unpaired) electrons. The van der Waals surface area contributed by atoms with Gasteiger partial charge in [-0.15, -0.1) is 0 Å². The fourth-order valence-electron chi connectivity index (χ4n) is 2.17. The van der Waals surface area contributed by atoms with Gasteiger partial charge in [0.2, 0.25) is 5.91 Å². The molecule has 0 saturated heterocycles. The first-order valence-corrected chi connectivity index (χ1v) is 7.77. The zero-order valence-electron chi connectivity index (χ0n) is 12.9. The van der Waals surface area contributed by atoms with Crippen molar-refractivity contribution in [2.75, 3.05) is 25.5 Å². The molecule has 1 amide bonds. The number of carbonyl (C=O) groups excluding carboxylic acids is 1. The van der Waals surface area contributed by atoms with E-state index in [0.29, 0.717) is 22.3 Å². The first-order chi connectivity index (χ1) is 10.9. The molecule has 0 unspecified atom stereocenters. The number of para-hydroxylation sites is 1. The lowest BCUT2D eigenvalue weighted by Gasteiger charge is -2.24. The minimum Gasteiger partial charge on any atom is -0.363 e. The molecule has 0 aliphatic rings. The first kappa shape index (κ1) is 17.6. The van der Waals surface area contributed by atoms with Crippen molar-refractivity contribution in [1.29, 1.82) is 0 Å². The van der Waals surface area contributed by atoms with Crippen LogP contribution in [0.1, 0.15) is 5.56 Å². The number of nitrogens with zero attached hydrogens (tertiary/aromatic N) is 2. The van der Waals surface area contributed by atoms with E-state index in [1.54, 1.807) is 54.2 Å². The Kier molecular flexibility index (Phi) is 5.85. The van der Waals surface area contributed by atoms with Crippen molar-refractivity contribution in [3.8, 4) is 0 Å². The topological polar surface area (TPSA) is 23.6 Å². The van der Waals surface area contributed by atoms with E-state index in [2.05, 4.69) is 0 Å². The molecule has 0 fully saturated rings. The molecule has 0 bridgehead atoms. The molecule has 2 aromatic rings. The van der Waals surface area contributed by atoms with Gasteiger partial charge in [0.25, 0.3) is 0 Å². The highest BCUT2D eigenvalue weighted by Crippen LogP contribution is 2.23. The third-order valence-electron chi connectivity index (χ3n) is 3.47. The average molecular weight is 355 g/mol. The van der Waals surface area contributed by atoms with E-state index in [0.717, 1.165) is 5.56 Å². The van der Waals surface area contributed by atoms with E-state index in [9.17, 15) is 9.18 Å². The highest BCUT2D eigenvalue weighted by molar-refractivity contribution is 6.42. The van der Waals surface area contributed by atoms with E-state index in [-0.39, 0.29) is 18.3 Å². The van der Waals surface area contributed by atoms with Crippen LogP contribution in [0.4, 0.5) is 10.1 Å². The highest BCUT2D eigenvalue weighted by Gasteiger charge is 2.15. The maximum atomic E-state index is 13.7. The summed E-state index contributed by atoms with van der Waals surface area (Å²) in [7, 11) is 3.38. The van der Waals surface area contributed by atoms with E-state index < -0.39 is 0 Å². The SMILES string of the molecule is CN(Cc1ccc(Cl)c(Cl)c1)C(=O)CN(C)c1ccccc1F. The van der Waals surface area contributed by atoms with Crippen molar-refractivity contribution in [3.63, 3.8) is 0 Å². The van der Waals surface area contributed by atoms with Crippen molar-refractivity contribution in [3.05, 3.63) is 63.9 Å². The maximum Gasteiger partial charge on any atom is 0.242 e. The summed E-state index contributed by atoms with van der Waals surface area (Å²) < 4.78 is 13.7. The number of rotatable bonds is 5. The van der Waals surface area contributed by atoms with Gasteiger partial charge in [0.15, 0.2) is 0 Å². The van der Waals surface area contributed by atoms with Gasteiger partial charge in [0.1, 0.15) is 5.82 Å². The third kappa shape index (κ3) is 4.60. The van der Waals surface area contributed by atoms with Crippen LogP contribution in [-0.4, -0.2) is 31.4 Å². The molecular formula is C17H17Cl2FN2O. The fraction of sp³-hybridized carbons (Fsp3) is 0.235. The van der Waals surface area contributed by atoms with Crippen LogP contribution in [0.2, 0.25) is 10.0 Å². The van der Waals surface area contributed by atoms with Crippen LogP contribution in [-0.2, 0) is 11.3 Å². The van der Waals surface area contributed by atoms with Crippen LogP contribution in [0, 0.1) is 5.82 Å². The highest BCUT2D eigenvalue weighted by atomic mass is 35.5. The molecule has 0 spiro atoms. The predicted octanol–water partition coefficient (Wildman–Crippen LogP) is 4.23. The number of hydrogen-bond acceptors (Lipinski definition) is 2. The summed E-state index contributed by atoms with van der Waals surface area (Å²) in [5.41, 5.74) is 1.27. The largest absolute Gasteiger partial charge is 0.363 e. The smallest absolute Gasteiger partial charge is 0.242 e. The van der Waals surface area contributed by atoms with Gasteiger partial charge in [-0.2, -0.15) is 0 Å². The van der Waals surface area contributed by atoms with E-state index in [1.165, 1.54) is 6.07 Å². The summed E-state index contributed by atoms with van der Waals surface area (Å²) in [5, 5.41) is 0.928. The molecule has 0 saturated carbocycles. The summed E-state index contributed by atoms with van der Waals surface area (Å²) in [6.07, 6.45) is 0. The van der Waals surface area contributed by atoms with Crippen molar-refractivity contribution < 1.29 is 9.18 Å². The molecule has 2 rings (SSSR count). The van der Waals surface area contributed by atoms with Crippen LogP contribution in [0.15, 0.2) is 42.5 Å². The monoisotopic (exact) mass is 354 g/mol. The van der Waals surface area contributed by atoms with Crippen LogP contribution in [0.5, 0.6) is 0 Å². The number of benzene rings is 2. The molecule has 0 aliphatic carbocycles. The Bertz CT molecular complexity index is 709. The van der Waals surface area contributed by atoms with E-state index in [1.807, 2.05) is 6.07 Å². The molecule has 0 aliphatic heterocycles. The Balaban J connectivity index is 1.99. The van der Waals surface area contributed by atoms with Crippen LogP contribution in [0.3, 0.4) is 0 Å². The lowest BCUT2D eigenvalue weighted by molar-refractivity contribution is -0.128.